The number of nitrogens with zero attached hydrogens (tertiary/aromatic N) is 2. The summed E-state index contributed by atoms with van der Waals surface area (Å²) in [5.74, 6) is 0.150. The Morgan fingerprint density at radius 2 is 1.90 bits per heavy atom. The Bertz CT molecular complexity index is 1280. The molecule has 158 valence electrons. The van der Waals surface area contributed by atoms with Gasteiger partial charge in [-0.05, 0) is 50.2 Å². The van der Waals surface area contributed by atoms with E-state index >= 15 is 0 Å². The number of ether oxygens (including phenoxy) is 2. The first-order chi connectivity index (χ1) is 15.1. The molecule has 0 aliphatic rings. The summed E-state index contributed by atoms with van der Waals surface area (Å²) in [6, 6.07) is 14.0. The number of esters is 1. The molecule has 0 saturated carbocycles. The van der Waals surface area contributed by atoms with Crippen molar-refractivity contribution in [1.82, 2.24) is 10.2 Å². The van der Waals surface area contributed by atoms with Gasteiger partial charge in [0, 0.05) is 11.1 Å². The summed E-state index contributed by atoms with van der Waals surface area (Å²) in [6.07, 6.45) is 0. The second kappa shape index (κ2) is 8.97. The van der Waals surface area contributed by atoms with Crippen LogP contribution in [-0.2, 0) is 4.74 Å². The summed E-state index contributed by atoms with van der Waals surface area (Å²) in [4.78, 5) is 24.3. The quantitative estimate of drug-likeness (QED) is 0.330. The summed E-state index contributed by atoms with van der Waals surface area (Å²) in [5, 5.41) is 13.0. The highest BCUT2D eigenvalue weighted by molar-refractivity contribution is 7.18. The fraction of sp³-hybridized carbons (Fsp3) is 0.182. The Morgan fingerprint density at radius 1 is 1.10 bits per heavy atom. The maximum atomic E-state index is 12.6. The Kier molecular flexibility index (Phi) is 5.94. The molecular formula is C22H19N3O5S. The van der Waals surface area contributed by atoms with E-state index in [0.717, 1.165) is 11.1 Å². The van der Waals surface area contributed by atoms with Gasteiger partial charge in [0.2, 0.25) is 5.13 Å². The van der Waals surface area contributed by atoms with Crippen LogP contribution in [0.2, 0.25) is 0 Å². The number of carbonyl (C=O) groups excluding carboxylic acids is 1. The Labute approximate surface area is 181 Å². The average molecular weight is 437 g/mol. The highest BCUT2D eigenvalue weighted by atomic mass is 32.1. The molecule has 0 saturated heterocycles. The number of anilines is 2. The topological polar surface area (TPSA) is 104 Å². The number of hydrogen-bond acceptors (Lipinski definition) is 9. The summed E-state index contributed by atoms with van der Waals surface area (Å²) in [5.41, 5.74) is 1.40. The molecular weight excluding hydrogens is 418 g/mol. The minimum Gasteiger partial charge on any atom is -0.490 e. The Hall–Kier alpha value is -3.72. The fourth-order valence-electron chi connectivity index (χ4n) is 2.95. The van der Waals surface area contributed by atoms with Gasteiger partial charge in [-0.1, -0.05) is 23.5 Å². The van der Waals surface area contributed by atoms with Crippen LogP contribution in [0.4, 0.5) is 10.8 Å². The van der Waals surface area contributed by atoms with Crippen LogP contribution in [0.15, 0.2) is 57.7 Å². The van der Waals surface area contributed by atoms with E-state index in [2.05, 4.69) is 15.5 Å². The Morgan fingerprint density at radius 3 is 2.65 bits per heavy atom. The van der Waals surface area contributed by atoms with Crippen LogP contribution in [-0.4, -0.2) is 29.4 Å². The molecule has 0 radical (unpaired) electrons. The molecule has 0 aliphatic heterocycles. The number of fused-ring (bicyclic) bond motifs is 1. The van der Waals surface area contributed by atoms with Crippen LogP contribution in [0, 0.1) is 0 Å². The number of aromatic nitrogens is 2. The molecule has 0 amide bonds. The van der Waals surface area contributed by atoms with Crippen molar-refractivity contribution in [3.05, 3.63) is 64.5 Å². The van der Waals surface area contributed by atoms with E-state index in [1.54, 1.807) is 43.3 Å². The largest absolute Gasteiger partial charge is 0.490 e. The van der Waals surface area contributed by atoms with Gasteiger partial charge in [-0.3, -0.25) is 0 Å². The van der Waals surface area contributed by atoms with E-state index in [0.29, 0.717) is 45.8 Å². The summed E-state index contributed by atoms with van der Waals surface area (Å²) >= 11 is 1.22. The minimum atomic E-state index is -0.513. The number of nitrogens with one attached hydrogen (secondary N) is 1. The molecule has 0 unspecified atom stereocenters. The molecule has 1 N–H and O–H groups in total. The van der Waals surface area contributed by atoms with Gasteiger partial charge >= 0.3 is 11.6 Å². The van der Waals surface area contributed by atoms with Crippen LogP contribution in [0.5, 0.6) is 5.75 Å². The van der Waals surface area contributed by atoms with Gasteiger partial charge in [0.1, 0.15) is 0 Å². The molecule has 31 heavy (non-hydrogen) atoms. The van der Waals surface area contributed by atoms with Gasteiger partial charge in [0.15, 0.2) is 16.3 Å². The number of carbonyl (C=O) groups is 1. The number of benzene rings is 2. The van der Waals surface area contributed by atoms with Gasteiger partial charge in [-0.25, -0.2) is 9.59 Å². The van der Waals surface area contributed by atoms with Crippen molar-refractivity contribution in [3.8, 4) is 16.3 Å². The molecule has 8 nitrogen and oxygen atoms in total. The maximum Gasteiger partial charge on any atom is 0.346 e. The summed E-state index contributed by atoms with van der Waals surface area (Å²) in [7, 11) is 0. The van der Waals surface area contributed by atoms with Crippen LogP contribution in [0.1, 0.15) is 24.2 Å². The molecule has 2 aromatic carbocycles. The lowest BCUT2D eigenvalue weighted by atomic mass is 10.2. The maximum absolute atomic E-state index is 12.6. The predicted octanol–water partition coefficient (Wildman–Crippen LogP) is 4.63. The second-order valence-corrected chi connectivity index (χ2v) is 7.37. The fourth-order valence-corrected chi connectivity index (χ4v) is 3.71. The lowest BCUT2D eigenvalue weighted by molar-refractivity contribution is 0.0526. The molecule has 0 aliphatic carbocycles. The molecule has 0 bridgehead atoms. The first kappa shape index (κ1) is 20.5. The number of rotatable bonds is 7. The van der Waals surface area contributed by atoms with Crippen molar-refractivity contribution in [1.29, 1.82) is 0 Å². The van der Waals surface area contributed by atoms with E-state index < -0.39 is 5.63 Å². The van der Waals surface area contributed by atoms with E-state index in [1.807, 2.05) is 19.1 Å². The van der Waals surface area contributed by atoms with Crippen molar-refractivity contribution in [3.63, 3.8) is 0 Å². The highest BCUT2D eigenvalue weighted by Gasteiger charge is 2.15. The van der Waals surface area contributed by atoms with E-state index in [4.69, 9.17) is 13.9 Å². The third-order valence-electron chi connectivity index (χ3n) is 4.33. The molecule has 0 spiro atoms. The molecule has 2 heterocycles. The van der Waals surface area contributed by atoms with Crippen LogP contribution < -0.4 is 15.7 Å². The standard InChI is InChI=1S/C22H19N3O5S/c1-3-28-17-7-5-6-14-12-16(21(27)30-18(14)17)19-24-25-22(31-19)23-15-10-8-13(9-11-15)20(26)29-4-2/h5-12H,3-4H2,1-2H3,(H,23,25). The highest BCUT2D eigenvalue weighted by Crippen LogP contribution is 2.31. The van der Waals surface area contributed by atoms with Crippen LogP contribution >= 0.6 is 11.3 Å². The summed E-state index contributed by atoms with van der Waals surface area (Å²) in [6.45, 7) is 4.42. The molecule has 9 heteroatoms. The van der Waals surface area contributed by atoms with Crippen LogP contribution in [0.3, 0.4) is 0 Å². The lowest BCUT2D eigenvalue weighted by Crippen LogP contribution is -2.04. The monoisotopic (exact) mass is 437 g/mol. The van der Waals surface area contributed by atoms with Crippen LogP contribution in [0.25, 0.3) is 21.5 Å². The van der Waals surface area contributed by atoms with Crippen molar-refractivity contribution in [2.75, 3.05) is 18.5 Å². The third-order valence-corrected chi connectivity index (χ3v) is 5.20. The second-order valence-electron chi connectivity index (χ2n) is 6.39. The van der Waals surface area contributed by atoms with Crippen molar-refractivity contribution < 1.29 is 18.7 Å². The average Bonchev–Trinajstić information content (AvgIpc) is 3.23. The molecule has 2 aromatic heterocycles. The first-order valence-corrected chi connectivity index (χ1v) is 10.5. The van der Waals surface area contributed by atoms with Gasteiger partial charge < -0.3 is 19.2 Å². The molecule has 4 aromatic rings. The molecule has 0 fully saturated rings. The van der Waals surface area contributed by atoms with Crippen molar-refractivity contribution in [2.24, 2.45) is 0 Å². The lowest BCUT2D eigenvalue weighted by Gasteiger charge is -2.06. The van der Waals surface area contributed by atoms with Gasteiger partial charge in [0.05, 0.1) is 24.3 Å². The third kappa shape index (κ3) is 4.41. The van der Waals surface area contributed by atoms with E-state index in [1.165, 1.54) is 11.3 Å². The predicted molar refractivity (Wildman–Crippen MR) is 118 cm³/mol. The zero-order chi connectivity index (χ0) is 21.8. The van der Waals surface area contributed by atoms with Gasteiger partial charge in [-0.2, -0.15) is 0 Å². The first-order valence-electron chi connectivity index (χ1n) is 9.66. The van der Waals surface area contributed by atoms with Crippen molar-refractivity contribution >= 4 is 39.1 Å². The Balaban J connectivity index is 1.57. The van der Waals surface area contributed by atoms with Gasteiger partial charge in [-0.15, -0.1) is 10.2 Å². The number of hydrogen-bond donors (Lipinski definition) is 1. The van der Waals surface area contributed by atoms with Gasteiger partial charge in [0.25, 0.3) is 0 Å². The zero-order valence-electron chi connectivity index (χ0n) is 16.9. The van der Waals surface area contributed by atoms with E-state index in [-0.39, 0.29) is 5.97 Å². The smallest absolute Gasteiger partial charge is 0.346 e. The minimum absolute atomic E-state index is 0.322. The zero-order valence-corrected chi connectivity index (χ0v) is 17.7. The molecule has 4 rings (SSSR count). The molecule has 0 atom stereocenters. The summed E-state index contributed by atoms with van der Waals surface area (Å²) < 4.78 is 16.0. The number of para-hydroxylation sites is 1. The van der Waals surface area contributed by atoms with Crippen molar-refractivity contribution in [2.45, 2.75) is 13.8 Å². The van der Waals surface area contributed by atoms with E-state index in [9.17, 15) is 9.59 Å². The normalized spacial score (nSPS) is 10.8. The SMILES string of the molecule is CCOC(=O)c1ccc(Nc2nnc(-c3cc4cccc(OCC)c4oc3=O)s2)cc1.